The Hall–Kier alpha value is -4.26. The summed E-state index contributed by atoms with van der Waals surface area (Å²) in [6, 6.07) is 19.5. The molecule has 1 amide bonds. The second-order valence-corrected chi connectivity index (χ2v) is 10.2. The highest BCUT2D eigenvalue weighted by Crippen LogP contribution is 2.43. The molecule has 0 bridgehead atoms. The minimum absolute atomic E-state index is 0.0406. The molecule has 2 heterocycles. The van der Waals surface area contributed by atoms with Crippen LogP contribution in [0.25, 0.3) is 5.76 Å². The molecule has 2 atom stereocenters. The van der Waals surface area contributed by atoms with Gasteiger partial charge in [-0.3, -0.25) is 9.59 Å². The Morgan fingerprint density at radius 1 is 1.00 bits per heavy atom. The van der Waals surface area contributed by atoms with E-state index in [2.05, 4.69) is 6.92 Å². The topological polar surface area (TPSA) is 85.3 Å². The number of likely N-dealkylation sites (tertiary alicyclic amines) is 1. The first-order chi connectivity index (χ1) is 19.4. The summed E-state index contributed by atoms with van der Waals surface area (Å²) in [5, 5.41) is 11.6. The molecule has 0 aromatic heterocycles. The molecule has 2 aliphatic rings. The lowest BCUT2D eigenvalue weighted by Gasteiger charge is -2.26. The van der Waals surface area contributed by atoms with E-state index in [4.69, 9.17) is 14.2 Å². The Kier molecular flexibility index (Phi) is 8.10. The number of hydrogen-bond acceptors (Lipinski definition) is 6. The molecular weight excluding hydrogens is 506 g/mol. The molecular formula is C33H35NO6. The summed E-state index contributed by atoms with van der Waals surface area (Å²) in [5.41, 5.74) is 3.01. The molecule has 0 aliphatic carbocycles. The minimum Gasteiger partial charge on any atom is -0.507 e. The standard InChI is InChI=1S/C33H35NO6/c1-4-6-16-39-27-15-12-23(19-28(27)38-5-2)30-29(31(35)24-13-14-26-25(18-24)17-21(3)40-26)32(36)33(37)34(30)20-22-10-8-7-9-11-22/h7-15,18-19,21,30,35H,4-6,16-17,20H2,1-3H3/t21-,30-/m0/s1. The summed E-state index contributed by atoms with van der Waals surface area (Å²) < 4.78 is 17.7. The molecule has 0 radical (unpaired) electrons. The van der Waals surface area contributed by atoms with Gasteiger partial charge in [0.05, 0.1) is 24.8 Å². The summed E-state index contributed by atoms with van der Waals surface area (Å²) in [6.45, 7) is 7.17. The van der Waals surface area contributed by atoms with E-state index in [0.29, 0.717) is 42.3 Å². The van der Waals surface area contributed by atoms with E-state index in [9.17, 15) is 14.7 Å². The number of Topliss-reactive ketones (excluding diaryl/α,β-unsaturated/α-hetero) is 1. The number of nitrogens with zero attached hydrogens (tertiary/aromatic N) is 1. The number of unbranched alkanes of at least 4 members (excludes halogenated alkanes) is 1. The van der Waals surface area contributed by atoms with Gasteiger partial charge >= 0.3 is 0 Å². The van der Waals surface area contributed by atoms with Gasteiger partial charge in [0.15, 0.2) is 11.5 Å². The molecule has 3 aromatic carbocycles. The predicted molar refractivity (Wildman–Crippen MR) is 153 cm³/mol. The van der Waals surface area contributed by atoms with Crippen LogP contribution < -0.4 is 14.2 Å². The Labute approximate surface area is 235 Å². The van der Waals surface area contributed by atoms with Crippen molar-refractivity contribution in [3.63, 3.8) is 0 Å². The Morgan fingerprint density at radius 2 is 1.80 bits per heavy atom. The fraction of sp³-hybridized carbons (Fsp3) is 0.333. The van der Waals surface area contributed by atoms with E-state index >= 15 is 0 Å². The fourth-order valence-electron chi connectivity index (χ4n) is 5.30. The van der Waals surface area contributed by atoms with Gasteiger partial charge < -0.3 is 24.2 Å². The van der Waals surface area contributed by atoms with Gasteiger partial charge in [0, 0.05) is 18.5 Å². The molecule has 0 saturated carbocycles. The molecule has 1 saturated heterocycles. The number of aliphatic hydroxyl groups excluding tert-OH is 1. The van der Waals surface area contributed by atoms with Crippen LogP contribution in [0, 0.1) is 0 Å². The second kappa shape index (κ2) is 11.9. The predicted octanol–water partition coefficient (Wildman–Crippen LogP) is 6.21. The number of aliphatic hydroxyl groups is 1. The van der Waals surface area contributed by atoms with Crippen molar-refractivity contribution in [2.75, 3.05) is 13.2 Å². The molecule has 2 aliphatic heterocycles. The highest BCUT2D eigenvalue weighted by molar-refractivity contribution is 6.46. The smallest absolute Gasteiger partial charge is 0.295 e. The number of carbonyl (C=O) groups is 2. The quantitative estimate of drug-likeness (QED) is 0.142. The Morgan fingerprint density at radius 3 is 2.55 bits per heavy atom. The van der Waals surface area contributed by atoms with Gasteiger partial charge in [0.2, 0.25) is 0 Å². The lowest BCUT2D eigenvalue weighted by molar-refractivity contribution is -0.140. The minimum atomic E-state index is -0.812. The Bertz CT molecular complexity index is 1430. The van der Waals surface area contributed by atoms with Crippen molar-refractivity contribution in [3.8, 4) is 17.2 Å². The van der Waals surface area contributed by atoms with Gasteiger partial charge in [-0.15, -0.1) is 0 Å². The van der Waals surface area contributed by atoms with Crippen molar-refractivity contribution in [2.45, 2.75) is 58.7 Å². The van der Waals surface area contributed by atoms with Gasteiger partial charge in [-0.2, -0.15) is 0 Å². The first-order valence-electron chi connectivity index (χ1n) is 13.9. The molecule has 1 fully saturated rings. The molecule has 1 N–H and O–H groups in total. The van der Waals surface area contributed by atoms with Crippen LogP contribution in [0.5, 0.6) is 17.2 Å². The number of ether oxygens (including phenoxy) is 3. The normalized spacial score (nSPS) is 19.4. The van der Waals surface area contributed by atoms with Crippen LogP contribution in [0.4, 0.5) is 0 Å². The maximum absolute atomic E-state index is 13.6. The van der Waals surface area contributed by atoms with Crippen molar-refractivity contribution in [1.82, 2.24) is 4.90 Å². The van der Waals surface area contributed by atoms with Crippen molar-refractivity contribution in [1.29, 1.82) is 0 Å². The molecule has 7 nitrogen and oxygen atoms in total. The van der Waals surface area contributed by atoms with Crippen LogP contribution in [0.1, 0.15) is 61.9 Å². The summed E-state index contributed by atoms with van der Waals surface area (Å²) in [7, 11) is 0. The van der Waals surface area contributed by atoms with E-state index < -0.39 is 17.7 Å². The molecule has 7 heteroatoms. The van der Waals surface area contributed by atoms with E-state index in [0.717, 1.165) is 29.7 Å². The molecule has 40 heavy (non-hydrogen) atoms. The van der Waals surface area contributed by atoms with Crippen LogP contribution in [-0.2, 0) is 22.6 Å². The lowest BCUT2D eigenvalue weighted by Crippen LogP contribution is -2.29. The first kappa shape index (κ1) is 27.3. The van der Waals surface area contributed by atoms with Crippen molar-refractivity contribution < 1.29 is 28.9 Å². The number of amides is 1. The zero-order chi connectivity index (χ0) is 28.2. The van der Waals surface area contributed by atoms with Gasteiger partial charge in [-0.05, 0) is 67.3 Å². The molecule has 5 rings (SSSR count). The van der Waals surface area contributed by atoms with E-state index in [1.807, 2.05) is 68.4 Å². The number of carbonyl (C=O) groups excluding carboxylic acids is 2. The van der Waals surface area contributed by atoms with Crippen LogP contribution in [0.3, 0.4) is 0 Å². The summed E-state index contributed by atoms with van der Waals surface area (Å²) in [4.78, 5) is 28.5. The average molecular weight is 542 g/mol. The third-order valence-corrected chi connectivity index (χ3v) is 7.24. The van der Waals surface area contributed by atoms with E-state index in [1.165, 1.54) is 4.90 Å². The van der Waals surface area contributed by atoms with Gasteiger partial charge in [0.1, 0.15) is 17.6 Å². The SMILES string of the molecule is CCCCOc1ccc([C@H]2C(=C(O)c3ccc4c(c3)C[C@H](C)O4)C(=O)C(=O)N2Cc2ccccc2)cc1OCC. The lowest BCUT2D eigenvalue weighted by atomic mass is 9.94. The van der Waals surface area contributed by atoms with E-state index in [1.54, 1.807) is 12.1 Å². The second-order valence-electron chi connectivity index (χ2n) is 10.2. The zero-order valence-electron chi connectivity index (χ0n) is 23.2. The summed E-state index contributed by atoms with van der Waals surface area (Å²) in [5.74, 6) is 0.323. The summed E-state index contributed by atoms with van der Waals surface area (Å²) >= 11 is 0. The molecule has 0 spiro atoms. The molecule has 0 unspecified atom stereocenters. The molecule has 208 valence electrons. The monoisotopic (exact) mass is 541 g/mol. The van der Waals surface area contributed by atoms with Gasteiger partial charge in [-0.1, -0.05) is 49.7 Å². The van der Waals surface area contributed by atoms with Crippen molar-refractivity contribution in [2.24, 2.45) is 0 Å². The van der Waals surface area contributed by atoms with Crippen LogP contribution in [0.15, 0.2) is 72.3 Å². The number of fused-ring (bicyclic) bond motifs is 1. The van der Waals surface area contributed by atoms with Crippen molar-refractivity contribution in [3.05, 3.63) is 94.6 Å². The number of hydrogen-bond donors (Lipinski definition) is 1. The maximum Gasteiger partial charge on any atom is 0.295 e. The van der Waals surface area contributed by atoms with Gasteiger partial charge in [-0.25, -0.2) is 0 Å². The van der Waals surface area contributed by atoms with Crippen LogP contribution >= 0.6 is 0 Å². The number of rotatable bonds is 10. The fourth-order valence-corrected chi connectivity index (χ4v) is 5.30. The Balaban J connectivity index is 1.61. The van der Waals surface area contributed by atoms with Crippen molar-refractivity contribution >= 4 is 17.4 Å². The third kappa shape index (κ3) is 5.41. The maximum atomic E-state index is 13.6. The van der Waals surface area contributed by atoms with E-state index in [-0.39, 0.29) is 24.0 Å². The molecule has 3 aromatic rings. The van der Waals surface area contributed by atoms with Crippen LogP contribution in [0.2, 0.25) is 0 Å². The summed E-state index contributed by atoms with van der Waals surface area (Å²) in [6.07, 6.45) is 2.66. The largest absolute Gasteiger partial charge is 0.507 e. The highest BCUT2D eigenvalue weighted by Gasteiger charge is 2.46. The van der Waals surface area contributed by atoms with Crippen LogP contribution in [-0.4, -0.2) is 41.0 Å². The highest BCUT2D eigenvalue weighted by atomic mass is 16.5. The number of ketones is 1. The first-order valence-corrected chi connectivity index (χ1v) is 13.9. The average Bonchev–Trinajstić information content (AvgIpc) is 3.45. The third-order valence-electron chi connectivity index (χ3n) is 7.24. The number of benzene rings is 3. The van der Waals surface area contributed by atoms with Gasteiger partial charge in [0.25, 0.3) is 11.7 Å². The zero-order valence-corrected chi connectivity index (χ0v) is 23.2.